The molecule has 0 fully saturated rings. The van der Waals surface area contributed by atoms with Crippen molar-refractivity contribution in [3.8, 4) is 0 Å². The molecule has 2 aromatic rings. The number of halogens is 1. The summed E-state index contributed by atoms with van der Waals surface area (Å²) in [4.78, 5) is 3.53. The molecule has 1 aromatic heterocycles. The van der Waals surface area contributed by atoms with Gasteiger partial charge in [0.15, 0.2) is 0 Å². The first-order valence-corrected chi connectivity index (χ1v) is 8.31. The third-order valence-electron chi connectivity index (χ3n) is 3.63. The first-order chi connectivity index (χ1) is 10.1. The molecule has 0 unspecified atom stereocenters. The quantitative estimate of drug-likeness (QED) is 0.636. The number of benzene rings is 1. The molecular formula is C18H18ClNS. The van der Waals surface area contributed by atoms with Crippen LogP contribution in [0.1, 0.15) is 28.0 Å². The van der Waals surface area contributed by atoms with E-state index in [2.05, 4.69) is 60.8 Å². The average Bonchev–Trinajstić information content (AvgIpc) is 2.85. The zero-order valence-electron chi connectivity index (χ0n) is 12.3. The molecule has 108 valence electrons. The van der Waals surface area contributed by atoms with Crippen LogP contribution in [0.15, 0.2) is 35.7 Å². The van der Waals surface area contributed by atoms with Crippen molar-refractivity contribution in [2.45, 2.75) is 6.42 Å². The number of fused-ring (bicyclic) bond motifs is 2. The molecule has 1 heterocycles. The normalized spacial score (nSPS) is 15.1. The summed E-state index contributed by atoms with van der Waals surface area (Å²) in [5.41, 5.74) is 5.08. The predicted molar refractivity (Wildman–Crippen MR) is 94.9 cm³/mol. The monoisotopic (exact) mass is 315 g/mol. The fraction of sp³-hybridized carbons (Fsp3) is 0.222. The maximum atomic E-state index is 6.22. The maximum Gasteiger partial charge on any atom is 0.0412 e. The van der Waals surface area contributed by atoms with Crippen LogP contribution in [0.3, 0.4) is 0 Å². The van der Waals surface area contributed by atoms with Gasteiger partial charge < -0.3 is 4.90 Å². The van der Waals surface area contributed by atoms with Gasteiger partial charge in [-0.15, -0.1) is 11.3 Å². The van der Waals surface area contributed by atoms with Gasteiger partial charge in [0.05, 0.1) is 0 Å². The highest BCUT2D eigenvalue weighted by atomic mass is 35.5. The average molecular weight is 316 g/mol. The van der Waals surface area contributed by atoms with Crippen molar-refractivity contribution in [2.24, 2.45) is 0 Å². The van der Waals surface area contributed by atoms with Crippen LogP contribution in [0.2, 0.25) is 5.02 Å². The summed E-state index contributed by atoms with van der Waals surface area (Å²) in [6.45, 7) is 1.05. The summed E-state index contributed by atoms with van der Waals surface area (Å²) in [6, 6.07) is 8.35. The van der Waals surface area contributed by atoms with E-state index in [-0.39, 0.29) is 0 Å². The minimum atomic E-state index is 0.791. The lowest BCUT2D eigenvalue weighted by Crippen LogP contribution is -2.12. The Bertz CT molecular complexity index is 710. The topological polar surface area (TPSA) is 3.24 Å². The molecule has 3 rings (SSSR count). The molecule has 0 radical (unpaired) electrons. The molecule has 1 nitrogen and oxygen atoms in total. The van der Waals surface area contributed by atoms with Crippen molar-refractivity contribution < 1.29 is 0 Å². The second-order valence-corrected chi connectivity index (χ2v) is 6.86. The summed E-state index contributed by atoms with van der Waals surface area (Å²) in [7, 11) is 4.21. The van der Waals surface area contributed by atoms with Gasteiger partial charge in [-0.2, -0.15) is 0 Å². The molecule has 0 spiro atoms. The largest absolute Gasteiger partial charge is 0.309 e. The second-order valence-electron chi connectivity index (χ2n) is 5.47. The number of hydrogen-bond acceptors (Lipinski definition) is 2. The zero-order chi connectivity index (χ0) is 14.8. The summed E-state index contributed by atoms with van der Waals surface area (Å²) in [6.07, 6.45) is 7.77. The van der Waals surface area contributed by atoms with E-state index >= 15 is 0 Å². The molecule has 0 aliphatic heterocycles. The highest BCUT2D eigenvalue weighted by Crippen LogP contribution is 2.37. The summed E-state index contributed by atoms with van der Waals surface area (Å²) in [5, 5.41) is 2.95. The lowest BCUT2D eigenvalue weighted by molar-refractivity contribution is 0.417. The smallest absolute Gasteiger partial charge is 0.0412 e. The Balaban J connectivity index is 2.09. The van der Waals surface area contributed by atoms with Gasteiger partial charge in [-0.3, -0.25) is 0 Å². The van der Waals surface area contributed by atoms with Crippen molar-refractivity contribution in [3.05, 3.63) is 62.3 Å². The van der Waals surface area contributed by atoms with E-state index in [1.807, 2.05) is 6.07 Å². The number of rotatable bonds is 3. The Kier molecular flexibility index (Phi) is 4.29. The summed E-state index contributed by atoms with van der Waals surface area (Å²) >= 11 is 8.01. The van der Waals surface area contributed by atoms with Crippen molar-refractivity contribution in [2.75, 3.05) is 20.6 Å². The molecule has 0 N–H and O–H groups in total. The van der Waals surface area contributed by atoms with Gasteiger partial charge >= 0.3 is 0 Å². The molecule has 0 atom stereocenters. The minimum Gasteiger partial charge on any atom is -0.309 e. The number of hydrogen-bond donors (Lipinski definition) is 0. The fourth-order valence-corrected chi connectivity index (χ4v) is 3.55. The van der Waals surface area contributed by atoms with E-state index in [1.54, 1.807) is 11.3 Å². The van der Waals surface area contributed by atoms with Crippen LogP contribution < -0.4 is 0 Å². The molecule has 1 aliphatic carbocycles. The zero-order valence-corrected chi connectivity index (χ0v) is 13.8. The molecule has 1 aliphatic rings. The van der Waals surface area contributed by atoms with Gasteiger partial charge in [0.25, 0.3) is 0 Å². The maximum absolute atomic E-state index is 6.22. The first kappa shape index (κ1) is 14.6. The van der Waals surface area contributed by atoms with E-state index in [9.17, 15) is 0 Å². The van der Waals surface area contributed by atoms with E-state index in [0.29, 0.717) is 0 Å². The van der Waals surface area contributed by atoms with Crippen molar-refractivity contribution in [3.63, 3.8) is 0 Å². The Morgan fingerprint density at radius 1 is 1.14 bits per heavy atom. The van der Waals surface area contributed by atoms with Gasteiger partial charge in [0.1, 0.15) is 0 Å². The lowest BCUT2D eigenvalue weighted by Gasteiger charge is -2.12. The van der Waals surface area contributed by atoms with Crippen LogP contribution in [0.25, 0.3) is 17.7 Å². The van der Waals surface area contributed by atoms with Crippen LogP contribution in [0, 0.1) is 0 Å². The van der Waals surface area contributed by atoms with Gasteiger partial charge in [-0.05, 0) is 72.4 Å². The summed E-state index contributed by atoms with van der Waals surface area (Å²) in [5.74, 6) is 0. The highest BCUT2D eigenvalue weighted by Gasteiger charge is 2.16. The Hall–Kier alpha value is -1.35. The predicted octanol–water partition coefficient (Wildman–Crippen LogP) is 5.27. The number of nitrogens with zero attached hydrogens (tertiary/aromatic N) is 1. The van der Waals surface area contributed by atoms with E-state index in [1.165, 1.54) is 27.1 Å². The van der Waals surface area contributed by atoms with Crippen LogP contribution in [0.5, 0.6) is 0 Å². The standard InChI is InChI=1S/C18H18ClNS/c1-20(2)10-3-4-15-16-9-11-21-18(16)8-6-13-5-7-14(19)12-17(13)15/h4-9,11-12H,3,10H2,1-2H3. The molecular weight excluding hydrogens is 298 g/mol. The first-order valence-electron chi connectivity index (χ1n) is 7.06. The second kappa shape index (κ2) is 6.18. The van der Waals surface area contributed by atoms with Crippen molar-refractivity contribution in [1.29, 1.82) is 0 Å². The highest BCUT2D eigenvalue weighted by molar-refractivity contribution is 7.11. The van der Waals surface area contributed by atoms with Crippen molar-refractivity contribution >= 4 is 40.7 Å². The molecule has 0 amide bonds. The Morgan fingerprint density at radius 3 is 2.81 bits per heavy atom. The van der Waals surface area contributed by atoms with Gasteiger partial charge in [-0.1, -0.05) is 29.8 Å². The molecule has 0 saturated heterocycles. The van der Waals surface area contributed by atoms with Gasteiger partial charge in [-0.25, -0.2) is 0 Å². The molecule has 3 heteroatoms. The molecule has 0 saturated carbocycles. The Labute approximate surface area is 135 Å². The third kappa shape index (κ3) is 3.13. The van der Waals surface area contributed by atoms with E-state index in [0.717, 1.165) is 18.0 Å². The number of thiophene rings is 1. The Morgan fingerprint density at radius 2 is 2.00 bits per heavy atom. The summed E-state index contributed by atoms with van der Waals surface area (Å²) < 4.78 is 0. The van der Waals surface area contributed by atoms with Crippen molar-refractivity contribution in [1.82, 2.24) is 4.90 Å². The molecule has 21 heavy (non-hydrogen) atoms. The van der Waals surface area contributed by atoms with Crippen LogP contribution in [0.4, 0.5) is 0 Å². The molecule has 1 aromatic carbocycles. The molecule has 0 bridgehead atoms. The van der Waals surface area contributed by atoms with Gasteiger partial charge in [0, 0.05) is 16.4 Å². The van der Waals surface area contributed by atoms with E-state index < -0.39 is 0 Å². The van der Waals surface area contributed by atoms with E-state index in [4.69, 9.17) is 11.6 Å². The fourth-order valence-electron chi connectivity index (χ4n) is 2.58. The van der Waals surface area contributed by atoms with Crippen LogP contribution in [-0.2, 0) is 0 Å². The van der Waals surface area contributed by atoms with Crippen LogP contribution >= 0.6 is 22.9 Å². The van der Waals surface area contributed by atoms with Gasteiger partial charge in [0.2, 0.25) is 0 Å². The van der Waals surface area contributed by atoms with Crippen LogP contribution in [-0.4, -0.2) is 25.5 Å². The third-order valence-corrected chi connectivity index (χ3v) is 4.75. The minimum absolute atomic E-state index is 0.791. The SMILES string of the molecule is CN(C)CCC=C1c2cc(Cl)ccc2C=Cc2sccc21. The lowest BCUT2D eigenvalue weighted by atomic mass is 9.95.